The van der Waals surface area contributed by atoms with Crippen molar-refractivity contribution in [2.45, 2.75) is 6.42 Å². The third kappa shape index (κ3) is 4.00. The van der Waals surface area contributed by atoms with Crippen LogP contribution in [0.3, 0.4) is 0 Å². The summed E-state index contributed by atoms with van der Waals surface area (Å²) >= 11 is 1.44. The second-order valence-electron chi connectivity index (χ2n) is 5.01. The van der Waals surface area contributed by atoms with Gasteiger partial charge in [-0.1, -0.05) is 0 Å². The normalized spacial score (nSPS) is 10.1. The van der Waals surface area contributed by atoms with Crippen LogP contribution in [-0.2, 0) is 11.2 Å². The van der Waals surface area contributed by atoms with Crippen LogP contribution in [-0.4, -0.2) is 23.0 Å². The monoisotopic (exact) mass is 351 g/mol. The van der Waals surface area contributed by atoms with Gasteiger partial charge >= 0.3 is 5.97 Å². The summed E-state index contributed by atoms with van der Waals surface area (Å²) in [6.07, 6.45) is 3.46. The zero-order valence-electron chi connectivity index (χ0n) is 13.3. The second-order valence-corrected chi connectivity index (χ2v) is 5.87. The molecule has 0 saturated carbocycles. The van der Waals surface area contributed by atoms with Gasteiger partial charge in [0.2, 0.25) is 0 Å². The summed E-state index contributed by atoms with van der Waals surface area (Å²) in [5.74, 6) is 0.155. The number of aromatic nitrogens is 2. The van der Waals surface area contributed by atoms with E-state index in [0.29, 0.717) is 17.0 Å². The Bertz CT molecular complexity index is 932. The number of ether oxygens (including phenoxy) is 2. The first-order valence-electron chi connectivity index (χ1n) is 7.33. The summed E-state index contributed by atoms with van der Waals surface area (Å²) in [5.41, 5.74) is 1.96. The van der Waals surface area contributed by atoms with Gasteiger partial charge in [-0.25, -0.2) is 4.98 Å². The first-order valence-corrected chi connectivity index (χ1v) is 8.21. The van der Waals surface area contributed by atoms with Gasteiger partial charge in [0, 0.05) is 29.4 Å². The first kappa shape index (κ1) is 16.6. The van der Waals surface area contributed by atoms with Crippen molar-refractivity contribution in [3.63, 3.8) is 0 Å². The van der Waals surface area contributed by atoms with Crippen molar-refractivity contribution < 1.29 is 14.3 Å². The SMILES string of the molecule is COc1cc(C#N)ccc1OC(=O)Cc1csc(-c2cccnc2)n1. The van der Waals surface area contributed by atoms with E-state index >= 15 is 0 Å². The molecule has 25 heavy (non-hydrogen) atoms. The zero-order valence-corrected chi connectivity index (χ0v) is 14.1. The summed E-state index contributed by atoms with van der Waals surface area (Å²) in [6.45, 7) is 0. The Labute approximate surface area is 148 Å². The summed E-state index contributed by atoms with van der Waals surface area (Å²) in [6, 6.07) is 10.4. The molecule has 0 aliphatic heterocycles. The van der Waals surface area contributed by atoms with Crippen LogP contribution < -0.4 is 9.47 Å². The highest BCUT2D eigenvalue weighted by Crippen LogP contribution is 2.28. The maximum absolute atomic E-state index is 12.2. The Morgan fingerprint density at radius 2 is 2.20 bits per heavy atom. The van der Waals surface area contributed by atoms with Gasteiger partial charge in [0.15, 0.2) is 11.5 Å². The van der Waals surface area contributed by atoms with Crippen LogP contribution in [0.25, 0.3) is 10.6 Å². The van der Waals surface area contributed by atoms with E-state index in [2.05, 4.69) is 9.97 Å². The molecule has 2 aromatic heterocycles. The van der Waals surface area contributed by atoms with Crippen molar-refractivity contribution in [1.29, 1.82) is 5.26 Å². The molecule has 6 nitrogen and oxygen atoms in total. The molecular formula is C18H13N3O3S. The highest BCUT2D eigenvalue weighted by molar-refractivity contribution is 7.13. The lowest BCUT2D eigenvalue weighted by Crippen LogP contribution is -2.12. The average molecular weight is 351 g/mol. The third-order valence-corrected chi connectivity index (χ3v) is 4.24. The Balaban J connectivity index is 1.70. The van der Waals surface area contributed by atoms with Gasteiger partial charge < -0.3 is 9.47 Å². The molecule has 0 saturated heterocycles. The van der Waals surface area contributed by atoms with Gasteiger partial charge in [-0.05, 0) is 24.3 Å². The number of methoxy groups -OCH3 is 1. The predicted molar refractivity (Wildman–Crippen MR) is 92.4 cm³/mol. The van der Waals surface area contributed by atoms with Gasteiger partial charge in [0.05, 0.1) is 30.9 Å². The Morgan fingerprint density at radius 1 is 1.32 bits per heavy atom. The fourth-order valence-corrected chi connectivity index (χ4v) is 2.95. The molecule has 0 aliphatic carbocycles. The molecule has 0 radical (unpaired) electrons. The van der Waals surface area contributed by atoms with Crippen molar-refractivity contribution in [3.05, 3.63) is 59.4 Å². The predicted octanol–water partition coefficient (Wildman–Crippen LogP) is 3.23. The number of thiazole rings is 1. The molecule has 7 heteroatoms. The molecular weight excluding hydrogens is 338 g/mol. The van der Waals surface area contributed by atoms with Crippen LogP contribution in [0.15, 0.2) is 48.1 Å². The molecule has 0 N–H and O–H groups in total. The summed E-state index contributed by atoms with van der Waals surface area (Å²) in [4.78, 5) is 20.7. The van der Waals surface area contributed by atoms with E-state index in [9.17, 15) is 4.79 Å². The number of nitriles is 1. The summed E-state index contributed by atoms with van der Waals surface area (Å²) in [7, 11) is 1.45. The minimum atomic E-state index is -0.453. The van der Waals surface area contributed by atoms with E-state index in [0.717, 1.165) is 10.6 Å². The zero-order chi connectivity index (χ0) is 17.6. The van der Waals surface area contributed by atoms with Crippen LogP contribution in [0.5, 0.6) is 11.5 Å². The van der Waals surface area contributed by atoms with Gasteiger partial charge in [-0.15, -0.1) is 11.3 Å². The molecule has 0 bridgehead atoms. The lowest BCUT2D eigenvalue weighted by Gasteiger charge is -2.08. The lowest BCUT2D eigenvalue weighted by atomic mass is 10.2. The van der Waals surface area contributed by atoms with Gasteiger partial charge in [-0.3, -0.25) is 9.78 Å². The van der Waals surface area contributed by atoms with E-state index < -0.39 is 5.97 Å². The smallest absolute Gasteiger partial charge is 0.317 e. The van der Waals surface area contributed by atoms with Crippen LogP contribution >= 0.6 is 11.3 Å². The Morgan fingerprint density at radius 3 is 2.92 bits per heavy atom. The van der Waals surface area contributed by atoms with Crippen LogP contribution in [0, 0.1) is 11.3 Å². The largest absolute Gasteiger partial charge is 0.493 e. The van der Waals surface area contributed by atoms with Crippen molar-refractivity contribution in [1.82, 2.24) is 9.97 Å². The molecule has 3 aromatic rings. The molecule has 0 unspecified atom stereocenters. The quantitative estimate of drug-likeness (QED) is 0.518. The molecule has 0 atom stereocenters. The fourth-order valence-electron chi connectivity index (χ4n) is 2.14. The molecule has 0 spiro atoms. The first-order chi connectivity index (χ1) is 12.2. The molecule has 0 amide bonds. The number of carbonyl (C=O) groups excluding carboxylic acids is 1. The molecule has 2 heterocycles. The van der Waals surface area contributed by atoms with Crippen LogP contribution in [0.2, 0.25) is 0 Å². The van der Waals surface area contributed by atoms with Crippen molar-refractivity contribution >= 4 is 17.3 Å². The Hall–Kier alpha value is -3.24. The van der Waals surface area contributed by atoms with Crippen molar-refractivity contribution in [3.8, 4) is 28.1 Å². The van der Waals surface area contributed by atoms with Crippen LogP contribution in [0.4, 0.5) is 0 Å². The van der Waals surface area contributed by atoms with Gasteiger partial charge in [0.25, 0.3) is 0 Å². The number of carbonyl (C=O) groups is 1. The van der Waals surface area contributed by atoms with Crippen molar-refractivity contribution in [2.75, 3.05) is 7.11 Å². The topological polar surface area (TPSA) is 85.1 Å². The van der Waals surface area contributed by atoms with Crippen molar-refractivity contribution in [2.24, 2.45) is 0 Å². The maximum Gasteiger partial charge on any atom is 0.317 e. The molecule has 124 valence electrons. The summed E-state index contributed by atoms with van der Waals surface area (Å²) < 4.78 is 10.5. The fraction of sp³-hybridized carbons (Fsp3) is 0.111. The molecule has 0 aliphatic rings. The standard InChI is InChI=1S/C18H13N3O3S/c1-23-16-7-12(9-19)4-5-15(16)24-17(22)8-14-11-25-18(21-14)13-3-2-6-20-10-13/h2-7,10-11H,8H2,1H3. The number of nitrogens with zero attached hydrogens (tertiary/aromatic N) is 3. The van der Waals surface area contributed by atoms with E-state index in [-0.39, 0.29) is 12.2 Å². The number of esters is 1. The second kappa shape index (κ2) is 7.55. The highest BCUT2D eigenvalue weighted by Gasteiger charge is 2.14. The Kier molecular flexibility index (Phi) is 5.02. The van der Waals surface area contributed by atoms with E-state index in [1.807, 2.05) is 23.6 Å². The number of hydrogen-bond donors (Lipinski definition) is 0. The summed E-state index contributed by atoms with van der Waals surface area (Å²) in [5, 5.41) is 11.5. The maximum atomic E-state index is 12.2. The minimum absolute atomic E-state index is 0.0416. The van der Waals surface area contributed by atoms with Gasteiger partial charge in [0.1, 0.15) is 5.01 Å². The molecule has 0 fully saturated rings. The van der Waals surface area contributed by atoms with E-state index in [1.54, 1.807) is 18.5 Å². The highest BCUT2D eigenvalue weighted by atomic mass is 32.1. The average Bonchev–Trinajstić information content (AvgIpc) is 3.11. The van der Waals surface area contributed by atoms with Gasteiger partial charge in [-0.2, -0.15) is 5.26 Å². The number of benzene rings is 1. The third-order valence-electron chi connectivity index (χ3n) is 3.30. The number of hydrogen-bond acceptors (Lipinski definition) is 7. The molecule has 1 aromatic carbocycles. The number of pyridine rings is 1. The van der Waals surface area contributed by atoms with Crippen LogP contribution in [0.1, 0.15) is 11.3 Å². The van der Waals surface area contributed by atoms with E-state index in [1.165, 1.54) is 30.6 Å². The molecule has 3 rings (SSSR count). The minimum Gasteiger partial charge on any atom is -0.493 e. The number of rotatable bonds is 5. The lowest BCUT2D eigenvalue weighted by molar-refractivity contribution is -0.133. The van der Waals surface area contributed by atoms with E-state index in [4.69, 9.17) is 14.7 Å².